The molecule has 36 heavy (non-hydrogen) atoms. The van der Waals surface area contributed by atoms with Crippen LogP contribution in [0.1, 0.15) is 22.8 Å². The standard InChI is InChI=1S/C30H24N2O4/c1-18(14-29(33)32-21-12-10-20(11-13-21)30(31)34)24-15-25-26(17-36-28(25)16-27(24)35-2)23-9-5-7-19-6-3-4-8-22(19)23/h3-17H,1-2H3,(H2,31,34)(H,32,33)/b18-14+. The van der Waals surface area contributed by atoms with Crippen molar-refractivity contribution in [2.45, 2.75) is 6.92 Å². The summed E-state index contributed by atoms with van der Waals surface area (Å²) >= 11 is 0. The first kappa shape index (κ1) is 22.9. The number of primary amides is 1. The summed E-state index contributed by atoms with van der Waals surface area (Å²) in [5.74, 6) is -0.218. The first-order chi connectivity index (χ1) is 17.4. The molecule has 0 radical (unpaired) electrons. The Morgan fingerprint density at radius 1 is 0.917 bits per heavy atom. The molecule has 0 saturated heterocycles. The van der Waals surface area contributed by atoms with E-state index in [-0.39, 0.29) is 5.91 Å². The Kier molecular flexibility index (Phi) is 6.00. The highest BCUT2D eigenvalue weighted by atomic mass is 16.5. The molecule has 1 aromatic heterocycles. The minimum absolute atomic E-state index is 0.303. The number of allylic oxidation sites excluding steroid dienone is 1. The van der Waals surface area contributed by atoms with Crippen molar-refractivity contribution in [2.24, 2.45) is 5.73 Å². The van der Waals surface area contributed by atoms with Gasteiger partial charge in [0.25, 0.3) is 0 Å². The normalized spacial score (nSPS) is 11.6. The molecule has 6 heteroatoms. The molecule has 0 spiro atoms. The number of ether oxygens (including phenoxy) is 1. The zero-order chi connectivity index (χ0) is 25.2. The van der Waals surface area contributed by atoms with Crippen LogP contribution in [0.2, 0.25) is 0 Å². The van der Waals surface area contributed by atoms with E-state index in [1.807, 2.05) is 37.3 Å². The second-order valence-electron chi connectivity index (χ2n) is 8.48. The predicted octanol–water partition coefficient (Wildman–Crippen LogP) is 6.40. The molecule has 0 saturated carbocycles. The maximum absolute atomic E-state index is 12.7. The van der Waals surface area contributed by atoms with Gasteiger partial charge in [0.15, 0.2) is 0 Å². The van der Waals surface area contributed by atoms with Crippen molar-refractivity contribution in [1.82, 2.24) is 0 Å². The molecule has 0 atom stereocenters. The third kappa shape index (κ3) is 4.32. The van der Waals surface area contributed by atoms with Crippen LogP contribution >= 0.6 is 0 Å². The molecule has 0 unspecified atom stereocenters. The number of amides is 2. The lowest BCUT2D eigenvalue weighted by atomic mass is 9.96. The monoisotopic (exact) mass is 476 g/mol. The number of anilines is 1. The summed E-state index contributed by atoms with van der Waals surface area (Å²) in [4.78, 5) is 24.0. The molecule has 0 aliphatic heterocycles. The van der Waals surface area contributed by atoms with Gasteiger partial charge in [0.2, 0.25) is 11.8 Å². The van der Waals surface area contributed by atoms with Gasteiger partial charge in [-0.2, -0.15) is 0 Å². The highest BCUT2D eigenvalue weighted by Gasteiger charge is 2.16. The number of nitrogens with one attached hydrogen (secondary N) is 1. The Morgan fingerprint density at radius 2 is 1.67 bits per heavy atom. The number of fused-ring (bicyclic) bond motifs is 2. The van der Waals surface area contributed by atoms with E-state index in [1.54, 1.807) is 37.6 Å². The van der Waals surface area contributed by atoms with Crippen LogP contribution in [0.4, 0.5) is 5.69 Å². The quantitative estimate of drug-likeness (QED) is 0.277. The Hall–Kier alpha value is -4.84. The molecule has 1 heterocycles. The molecular weight excluding hydrogens is 452 g/mol. The van der Waals surface area contributed by atoms with Gasteiger partial charge in [-0.15, -0.1) is 0 Å². The second-order valence-corrected chi connectivity index (χ2v) is 8.48. The van der Waals surface area contributed by atoms with Gasteiger partial charge in [-0.25, -0.2) is 0 Å². The fourth-order valence-corrected chi connectivity index (χ4v) is 4.37. The number of benzene rings is 4. The topological polar surface area (TPSA) is 94.6 Å². The minimum atomic E-state index is -0.520. The van der Waals surface area contributed by atoms with Gasteiger partial charge in [0.05, 0.1) is 13.4 Å². The molecule has 0 aliphatic carbocycles. The molecule has 4 aromatic carbocycles. The van der Waals surface area contributed by atoms with Gasteiger partial charge in [-0.05, 0) is 59.2 Å². The molecule has 6 nitrogen and oxygen atoms in total. The van der Waals surface area contributed by atoms with Crippen LogP contribution in [0.5, 0.6) is 5.75 Å². The number of carbonyl (C=O) groups is 2. The van der Waals surface area contributed by atoms with Crippen molar-refractivity contribution in [2.75, 3.05) is 12.4 Å². The lowest BCUT2D eigenvalue weighted by Gasteiger charge is -2.11. The van der Waals surface area contributed by atoms with Crippen LogP contribution < -0.4 is 15.8 Å². The van der Waals surface area contributed by atoms with E-state index in [0.29, 0.717) is 22.6 Å². The smallest absolute Gasteiger partial charge is 0.248 e. The summed E-state index contributed by atoms with van der Waals surface area (Å²) in [5, 5.41) is 6.02. The fourth-order valence-electron chi connectivity index (χ4n) is 4.37. The van der Waals surface area contributed by atoms with Gasteiger partial charge in [-0.1, -0.05) is 42.5 Å². The van der Waals surface area contributed by atoms with E-state index in [0.717, 1.165) is 38.4 Å². The van der Waals surface area contributed by atoms with Crippen LogP contribution in [0.3, 0.4) is 0 Å². The van der Waals surface area contributed by atoms with E-state index >= 15 is 0 Å². The molecule has 0 bridgehead atoms. The summed E-state index contributed by atoms with van der Waals surface area (Å²) in [6.45, 7) is 1.86. The molecule has 2 amide bonds. The highest BCUT2D eigenvalue weighted by Crippen LogP contribution is 2.39. The van der Waals surface area contributed by atoms with E-state index in [4.69, 9.17) is 14.9 Å². The number of methoxy groups -OCH3 is 1. The lowest BCUT2D eigenvalue weighted by Crippen LogP contribution is -2.12. The Bertz CT molecular complexity index is 1640. The summed E-state index contributed by atoms with van der Waals surface area (Å²) in [5.41, 5.74) is 10.5. The highest BCUT2D eigenvalue weighted by molar-refractivity contribution is 6.07. The van der Waals surface area contributed by atoms with Crippen LogP contribution in [0.15, 0.2) is 95.6 Å². The third-order valence-corrected chi connectivity index (χ3v) is 6.18. The van der Waals surface area contributed by atoms with Crippen LogP contribution in [0, 0.1) is 0 Å². The number of hydrogen-bond acceptors (Lipinski definition) is 4. The zero-order valence-electron chi connectivity index (χ0n) is 19.9. The maximum Gasteiger partial charge on any atom is 0.248 e. The van der Waals surface area contributed by atoms with Crippen molar-refractivity contribution in [1.29, 1.82) is 0 Å². The van der Waals surface area contributed by atoms with Gasteiger partial charge in [0.1, 0.15) is 11.3 Å². The van der Waals surface area contributed by atoms with Gasteiger partial charge in [-0.3, -0.25) is 9.59 Å². The largest absolute Gasteiger partial charge is 0.496 e. The van der Waals surface area contributed by atoms with Gasteiger partial charge < -0.3 is 20.2 Å². The first-order valence-electron chi connectivity index (χ1n) is 11.4. The average molecular weight is 477 g/mol. The minimum Gasteiger partial charge on any atom is -0.496 e. The summed E-state index contributed by atoms with van der Waals surface area (Å²) in [6.07, 6.45) is 3.28. The van der Waals surface area contributed by atoms with Gasteiger partial charge in [0, 0.05) is 39.9 Å². The molecule has 5 aromatic rings. The van der Waals surface area contributed by atoms with E-state index in [1.165, 1.54) is 6.08 Å². The fraction of sp³-hybridized carbons (Fsp3) is 0.0667. The first-order valence-corrected chi connectivity index (χ1v) is 11.4. The molecular formula is C30H24N2O4. The van der Waals surface area contributed by atoms with E-state index in [2.05, 4.69) is 29.6 Å². The number of carbonyl (C=O) groups excluding carboxylic acids is 2. The zero-order valence-corrected chi connectivity index (χ0v) is 19.9. The summed E-state index contributed by atoms with van der Waals surface area (Å²) in [7, 11) is 1.59. The summed E-state index contributed by atoms with van der Waals surface area (Å²) in [6, 6.07) is 24.7. The number of rotatable bonds is 6. The third-order valence-electron chi connectivity index (χ3n) is 6.18. The van der Waals surface area contributed by atoms with Crippen LogP contribution in [0.25, 0.3) is 38.4 Å². The SMILES string of the molecule is COc1cc2occ(-c3cccc4ccccc34)c2cc1/C(C)=C/C(=O)Nc1ccc(C(N)=O)cc1. The van der Waals surface area contributed by atoms with Crippen molar-refractivity contribution < 1.29 is 18.7 Å². The second kappa shape index (κ2) is 9.43. The van der Waals surface area contributed by atoms with E-state index < -0.39 is 5.91 Å². The van der Waals surface area contributed by atoms with Crippen LogP contribution in [-0.4, -0.2) is 18.9 Å². The Labute approximate surface area is 208 Å². The molecule has 0 aliphatic rings. The average Bonchev–Trinajstić information content (AvgIpc) is 3.30. The number of nitrogens with two attached hydrogens (primary N) is 1. The van der Waals surface area contributed by atoms with Crippen molar-refractivity contribution in [3.05, 3.63) is 102 Å². The Balaban J connectivity index is 1.52. The van der Waals surface area contributed by atoms with Gasteiger partial charge >= 0.3 is 0 Å². The number of hydrogen-bond donors (Lipinski definition) is 2. The van der Waals surface area contributed by atoms with Crippen LogP contribution in [-0.2, 0) is 4.79 Å². The van der Waals surface area contributed by atoms with E-state index in [9.17, 15) is 9.59 Å². The number of furan rings is 1. The molecule has 3 N–H and O–H groups in total. The summed E-state index contributed by atoms with van der Waals surface area (Å²) < 4.78 is 11.5. The maximum atomic E-state index is 12.7. The Morgan fingerprint density at radius 3 is 2.42 bits per heavy atom. The predicted molar refractivity (Wildman–Crippen MR) is 143 cm³/mol. The molecule has 178 valence electrons. The molecule has 5 rings (SSSR count). The van der Waals surface area contributed by atoms with Crippen molar-refractivity contribution >= 4 is 44.8 Å². The molecule has 0 fully saturated rings. The van der Waals surface area contributed by atoms with Crippen molar-refractivity contribution in [3.8, 4) is 16.9 Å². The lowest BCUT2D eigenvalue weighted by molar-refractivity contribution is -0.111. The van der Waals surface area contributed by atoms with Crippen molar-refractivity contribution in [3.63, 3.8) is 0 Å².